The number of rotatable bonds is 7. The molecule has 4 rings (SSSR count). The van der Waals surface area contributed by atoms with Crippen LogP contribution in [0.4, 0.5) is 5.95 Å². The highest BCUT2D eigenvalue weighted by atomic mass is 16.5. The van der Waals surface area contributed by atoms with Crippen LogP contribution in [0.1, 0.15) is 31.4 Å². The molecule has 1 aromatic carbocycles. The summed E-state index contributed by atoms with van der Waals surface area (Å²) in [7, 11) is 3.16. The number of aryl methyl sites for hydroxylation is 1. The molecule has 3 heterocycles. The molecule has 164 valence electrons. The van der Waals surface area contributed by atoms with Gasteiger partial charge in [-0.25, -0.2) is 4.98 Å². The van der Waals surface area contributed by atoms with Gasteiger partial charge in [0.2, 0.25) is 17.7 Å². The summed E-state index contributed by atoms with van der Waals surface area (Å²) in [5.74, 6) is 3.81. The zero-order valence-electron chi connectivity index (χ0n) is 18.3. The van der Waals surface area contributed by atoms with Crippen molar-refractivity contribution in [3.05, 3.63) is 35.9 Å². The predicted octanol–water partition coefficient (Wildman–Crippen LogP) is 3.67. The molecule has 31 heavy (non-hydrogen) atoms. The molecule has 1 aliphatic rings. The van der Waals surface area contributed by atoms with E-state index in [1.165, 1.54) is 0 Å². The van der Waals surface area contributed by atoms with Gasteiger partial charge < -0.3 is 23.6 Å². The number of methoxy groups -OCH3 is 2. The van der Waals surface area contributed by atoms with E-state index in [9.17, 15) is 0 Å². The zero-order valence-corrected chi connectivity index (χ0v) is 18.3. The molecule has 2 aromatic heterocycles. The summed E-state index contributed by atoms with van der Waals surface area (Å²) in [5, 5.41) is 4.06. The van der Waals surface area contributed by atoms with Gasteiger partial charge in [0.15, 0.2) is 18.1 Å². The first-order chi connectivity index (χ1) is 15.1. The van der Waals surface area contributed by atoms with Gasteiger partial charge in [-0.1, -0.05) is 18.1 Å². The monoisotopic (exact) mass is 425 g/mol. The number of anilines is 1. The van der Waals surface area contributed by atoms with Crippen molar-refractivity contribution in [2.24, 2.45) is 5.92 Å². The van der Waals surface area contributed by atoms with Crippen LogP contribution in [0.15, 0.2) is 28.8 Å². The van der Waals surface area contributed by atoms with Gasteiger partial charge in [-0.05, 0) is 37.8 Å². The van der Waals surface area contributed by atoms with E-state index in [0.717, 1.165) is 37.5 Å². The number of piperidine rings is 1. The van der Waals surface area contributed by atoms with Gasteiger partial charge in [-0.2, -0.15) is 9.97 Å². The van der Waals surface area contributed by atoms with Gasteiger partial charge in [-0.3, -0.25) is 0 Å². The third-order valence-electron chi connectivity index (χ3n) is 5.34. The Balaban J connectivity index is 1.47. The van der Waals surface area contributed by atoms with Crippen LogP contribution >= 0.6 is 0 Å². The quantitative estimate of drug-likeness (QED) is 0.562. The third-order valence-corrected chi connectivity index (χ3v) is 5.34. The molecule has 0 radical (unpaired) electrons. The number of para-hydroxylation sites is 1. The van der Waals surface area contributed by atoms with Crippen molar-refractivity contribution in [3.63, 3.8) is 0 Å². The van der Waals surface area contributed by atoms with E-state index in [-0.39, 0.29) is 6.61 Å². The minimum Gasteiger partial charge on any atom is -0.493 e. The summed E-state index contributed by atoms with van der Waals surface area (Å²) in [4.78, 5) is 15.8. The van der Waals surface area contributed by atoms with Gasteiger partial charge in [0.25, 0.3) is 5.89 Å². The van der Waals surface area contributed by atoms with E-state index in [4.69, 9.17) is 18.7 Å². The Labute approximate surface area is 181 Å². The number of benzene rings is 1. The fraction of sp³-hybridized carbons (Fsp3) is 0.455. The molecular weight excluding hydrogens is 398 g/mol. The Kier molecular flexibility index (Phi) is 6.20. The summed E-state index contributed by atoms with van der Waals surface area (Å²) in [6.07, 6.45) is 2.29. The fourth-order valence-corrected chi connectivity index (χ4v) is 3.57. The first-order valence-corrected chi connectivity index (χ1v) is 10.3. The van der Waals surface area contributed by atoms with Crippen molar-refractivity contribution in [2.45, 2.75) is 33.3 Å². The highest BCUT2D eigenvalue weighted by molar-refractivity contribution is 5.68. The van der Waals surface area contributed by atoms with Gasteiger partial charge in [0, 0.05) is 24.8 Å². The SMILES string of the molecule is COc1cccc(-c2noc(COc3cc(C)nc(N4CCC(C)CC4)n3)n2)c1OC. The van der Waals surface area contributed by atoms with E-state index in [1.807, 2.05) is 25.1 Å². The predicted molar refractivity (Wildman–Crippen MR) is 115 cm³/mol. The fourth-order valence-electron chi connectivity index (χ4n) is 3.57. The van der Waals surface area contributed by atoms with Crippen LogP contribution in [0.5, 0.6) is 17.4 Å². The molecule has 0 saturated carbocycles. The van der Waals surface area contributed by atoms with Crippen molar-refractivity contribution in [2.75, 3.05) is 32.2 Å². The average Bonchev–Trinajstić information content (AvgIpc) is 3.26. The van der Waals surface area contributed by atoms with Gasteiger partial charge in [0.1, 0.15) is 0 Å². The van der Waals surface area contributed by atoms with E-state index in [1.54, 1.807) is 20.3 Å². The number of hydrogen-bond donors (Lipinski definition) is 0. The molecule has 1 fully saturated rings. The van der Waals surface area contributed by atoms with Crippen molar-refractivity contribution >= 4 is 5.95 Å². The molecule has 0 unspecified atom stereocenters. The Hall–Kier alpha value is -3.36. The molecule has 9 heteroatoms. The Morgan fingerprint density at radius 1 is 1.10 bits per heavy atom. The second-order valence-electron chi connectivity index (χ2n) is 7.66. The molecule has 0 amide bonds. The number of nitrogens with zero attached hydrogens (tertiary/aromatic N) is 5. The van der Waals surface area contributed by atoms with Crippen molar-refractivity contribution in [1.29, 1.82) is 0 Å². The lowest BCUT2D eigenvalue weighted by Crippen LogP contribution is -2.34. The molecule has 1 saturated heterocycles. The van der Waals surface area contributed by atoms with E-state index in [2.05, 4.69) is 31.9 Å². The van der Waals surface area contributed by atoms with Crippen molar-refractivity contribution < 1.29 is 18.7 Å². The van der Waals surface area contributed by atoms with Crippen LogP contribution < -0.4 is 19.1 Å². The molecule has 9 nitrogen and oxygen atoms in total. The number of ether oxygens (including phenoxy) is 3. The van der Waals surface area contributed by atoms with E-state index >= 15 is 0 Å². The molecule has 1 aliphatic heterocycles. The Bertz CT molecular complexity index is 1030. The molecule has 0 aliphatic carbocycles. The molecule has 0 spiro atoms. The summed E-state index contributed by atoms with van der Waals surface area (Å²) in [6, 6.07) is 7.30. The van der Waals surface area contributed by atoms with Crippen molar-refractivity contribution in [3.8, 4) is 28.8 Å². The lowest BCUT2D eigenvalue weighted by atomic mass is 10.00. The van der Waals surface area contributed by atoms with E-state index in [0.29, 0.717) is 40.6 Å². The summed E-state index contributed by atoms with van der Waals surface area (Å²) < 4.78 is 22.0. The minimum absolute atomic E-state index is 0.103. The first-order valence-electron chi connectivity index (χ1n) is 10.3. The third kappa shape index (κ3) is 4.70. The van der Waals surface area contributed by atoms with Crippen LogP contribution in [-0.2, 0) is 6.61 Å². The van der Waals surface area contributed by atoms with E-state index < -0.39 is 0 Å². The van der Waals surface area contributed by atoms with Gasteiger partial charge in [0.05, 0.1) is 19.8 Å². The summed E-state index contributed by atoms with van der Waals surface area (Å²) in [6.45, 7) is 6.23. The standard InChI is InChI=1S/C22H27N5O4/c1-14-8-10-27(11-9-14)22-23-15(2)12-18(25-22)30-13-19-24-21(26-31-19)16-6-5-7-17(28-3)20(16)29-4/h5-7,12,14H,8-11,13H2,1-4H3. The maximum atomic E-state index is 5.85. The van der Waals surface area contributed by atoms with Crippen molar-refractivity contribution in [1.82, 2.24) is 20.1 Å². The van der Waals surface area contributed by atoms with Gasteiger partial charge >= 0.3 is 0 Å². The van der Waals surface area contributed by atoms with Crippen LogP contribution in [0.3, 0.4) is 0 Å². The second-order valence-corrected chi connectivity index (χ2v) is 7.66. The Morgan fingerprint density at radius 2 is 1.90 bits per heavy atom. The maximum Gasteiger partial charge on any atom is 0.264 e. The molecule has 3 aromatic rings. The topological polar surface area (TPSA) is 95.6 Å². The molecule has 0 atom stereocenters. The zero-order chi connectivity index (χ0) is 21.8. The second kappa shape index (κ2) is 9.20. The lowest BCUT2D eigenvalue weighted by molar-refractivity contribution is 0.235. The molecule has 0 bridgehead atoms. The molecular formula is C22H27N5O4. The lowest BCUT2D eigenvalue weighted by Gasteiger charge is -2.30. The summed E-state index contributed by atoms with van der Waals surface area (Å²) >= 11 is 0. The Morgan fingerprint density at radius 3 is 2.65 bits per heavy atom. The highest BCUT2D eigenvalue weighted by Crippen LogP contribution is 2.36. The van der Waals surface area contributed by atoms with Gasteiger partial charge in [-0.15, -0.1) is 0 Å². The first kappa shape index (κ1) is 20.9. The van der Waals surface area contributed by atoms with Crippen LogP contribution in [0.2, 0.25) is 0 Å². The number of aromatic nitrogens is 4. The van der Waals surface area contributed by atoms with Crippen LogP contribution in [-0.4, -0.2) is 47.4 Å². The van der Waals surface area contributed by atoms with Crippen LogP contribution in [0.25, 0.3) is 11.4 Å². The molecule has 0 N–H and O–H groups in total. The average molecular weight is 425 g/mol. The normalized spacial score (nSPS) is 14.5. The maximum absolute atomic E-state index is 5.85. The smallest absolute Gasteiger partial charge is 0.264 e. The minimum atomic E-state index is 0.103. The highest BCUT2D eigenvalue weighted by Gasteiger charge is 2.20. The van der Waals surface area contributed by atoms with Crippen LogP contribution in [0, 0.1) is 12.8 Å². The largest absolute Gasteiger partial charge is 0.493 e. The summed E-state index contributed by atoms with van der Waals surface area (Å²) in [5.41, 5.74) is 1.53. The number of hydrogen-bond acceptors (Lipinski definition) is 9.